The van der Waals surface area contributed by atoms with E-state index >= 15 is 0 Å². The van der Waals surface area contributed by atoms with Crippen LogP contribution in [-0.4, -0.2) is 36.4 Å². The highest BCUT2D eigenvalue weighted by atomic mass is 16.5. The molecular weight excluding hydrogens is 198 g/mol. The van der Waals surface area contributed by atoms with Crippen molar-refractivity contribution in [2.24, 2.45) is 26.8 Å². The van der Waals surface area contributed by atoms with E-state index in [4.69, 9.17) is 16.2 Å². The normalized spacial score (nSPS) is 33.9. The second-order valence-electron chi connectivity index (χ2n) is 3.18. The molecule has 0 aromatic carbocycles. The maximum atomic E-state index is 5.77. The van der Waals surface area contributed by atoms with Gasteiger partial charge in [0.25, 0.3) is 0 Å². The molecule has 0 saturated carbocycles. The molecule has 2 atom stereocenters. The molecule has 8 heteroatoms. The zero-order valence-electron chi connectivity index (χ0n) is 8.08. The summed E-state index contributed by atoms with van der Waals surface area (Å²) >= 11 is 0. The van der Waals surface area contributed by atoms with E-state index in [2.05, 4.69) is 20.9 Å². The van der Waals surface area contributed by atoms with E-state index in [9.17, 15) is 0 Å². The van der Waals surface area contributed by atoms with Crippen LogP contribution in [0.4, 0.5) is 0 Å². The van der Waals surface area contributed by atoms with E-state index in [0.29, 0.717) is 19.0 Å². The fourth-order valence-electron chi connectivity index (χ4n) is 1.26. The topological polar surface area (TPSA) is 114 Å². The number of morpholine rings is 1. The summed E-state index contributed by atoms with van der Waals surface area (Å²) in [6.07, 6.45) is 2.59. The maximum Gasteiger partial charge on any atom is 0.196 e. The van der Waals surface area contributed by atoms with Crippen molar-refractivity contribution < 1.29 is 4.74 Å². The number of hydrogen-bond donors (Lipinski definition) is 3. The van der Waals surface area contributed by atoms with E-state index in [1.165, 1.54) is 0 Å². The van der Waals surface area contributed by atoms with Crippen molar-refractivity contribution in [2.75, 3.05) is 13.2 Å². The van der Waals surface area contributed by atoms with Crippen LogP contribution in [0.5, 0.6) is 0 Å². The number of azo groups is 1. The third-order valence-electron chi connectivity index (χ3n) is 2.02. The van der Waals surface area contributed by atoms with Gasteiger partial charge in [-0.2, -0.15) is 10.1 Å². The molecule has 0 spiro atoms. The Morgan fingerprint density at radius 3 is 2.80 bits per heavy atom. The van der Waals surface area contributed by atoms with Crippen molar-refractivity contribution in [3.63, 3.8) is 0 Å². The molecule has 2 heterocycles. The Bertz CT molecular complexity index is 288. The van der Waals surface area contributed by atoms with Gasteiger partial charge in [-0.3, -0.25) is 0 Å². The molecule has 1 saturated heterocycles. The standard InChI is InChI=1S/C7H13N7O/c8-5-3-15-4-6(9)14(5)13-12-7-1-2-10-11-7/h1-2,5-6,13H,3-4,8-9H2. The third-order valence-corrected chi connectivity index (χ3v) is 2.02. The minimum absolute atomic E-state index is 0.319. The van der Waals surface area contributed by atoms with E-state index in [1.807, 2.05) is 0 Å². The quantitative estimate of drug-likeness (QED) is 0.490. The summed E-state index contributed by atoms with van der Waals surface area (Å²) in [5.41, 5.74) is 14.3. The van der Waals surface area contributed by atoms with Gasteiger partial charge in [0.2, 0.25) is 0 Å². The molecular formula is C7H13N7O. The smallest absolute Gasteiger partial charge is 0.196 e. The fraction of sp³-hybridized carbons (Fsp3) is 0.571. The number of nitrogens with one attached hydrogen (secondary N) is 1. The monoisotopic (exact) mass is 211 g/mol. The van der Waals surface area contributed by atoms with Crippen LogP contribution in [0.25, 0.3) is 0 Å². The van der Waals surface area contributed by atoms with Crippen LogP contribution in [-0.2, 0) is 4.74 Å². The average Bonchev–Trinajstić information content (AvgIpc) is 2.70. The molecule has 0 aromatic heterocycles. The summed E-state index contributed by atoms with van der Waals surface area (Å²) in [6.45, 7) is 0.839. The lowest BCUT2D eigenvalue weighted by Crippen LogP contribution is -2.63. The molecule has 8 nitrogen and oxygen atoms in total. The highest BCUT2D eigenvalue weighted by Crippen LogP contribution is 2.03. The average molecular weight is 211 g/mol. The number of nitrogens with two attached hydrogens (primary N) is 2. The van der Waals surface area contributed by atoms with Crippen molar-refractivity contribution in [2.45, 2.75) is 12.3 Å². The SMILES string of the molecule is NC1COCC(N)N1NN=C1C=CN=N1. The number of ether oxygens (including phenoxy) is 1. The zero-order chi connectivity index (χ0) is 10.7. The summed E-state index contributed by atoms with van der Waals surface area (Å²) < 4.78 is 5.16. The van der Waals surface area contributed by atoms with Gasteiger partial charge in [0.15, 0.2) is 5.84 Å². The Hall–Kier alpha value is -1.35. The van der Waals surface area contributed by atoms with Gasteiger partial charge in [-0.1, -0.05) is 0 Å². The van der Waals surface area contributed by atoms with Crippen LogP contribution in [0, 0.1) is 0 Å². The van der Waals surface area contributed by atoms with E-state index < -0.39 is 0 Å². The van der Waals surface area contributed by atoms with Crippen LogP contribution < -0.4 is 17.0 Å². The second-order valence-corrected chi connectivity index (χ2v) is 3.18. The predicted molar refractivity (Wildman–Crippen MR) is 53.2 cm³/mol. The molecule has 5 N–H and O–H groups in total. The van der Waals surface area contributed by atoms with Crippen LogP contribution in [0.15, 0.2) is 27.6 Å². The summed E-state index contributed by atoms with van der Waals surface area (Å²) in [7, 11) is 0. The number of hydrogen-bond acceptors (Lipinski definition) is 7. The molecule has 2 rings (SSSR count). The van der Waals surface area contributed by atoms with Crippen LogP contribution >= 0.6 is 0 Å². The molecule has 2 unspecified atom stereocenters. The summed E-state index contributed by atoms with van der Waals surface area (Å²) in [6, 6.07) is 0. The molecule has 15 heavy (non-hydrogen) atoms. The van der Waals surface area contributed by atoms with Crippen LogP contribution in [0.2, 0.25) is 0 Å². The number of amidine groups is 1. The highest BCUT2D eigenvalue weighted by Gasteiger charge is 2.26. The molecule has 0 radical (unpaired) electrons. The van der Waals surface area contributed by atoms with Crippen LogP contribution in [0.1, 0.15) is 0 Å². The third kappa shape index (κ3) is 2.36. The van der Waals surface area contributed by atoms with E-state index in [0.717, 1.165) is 0 Å². The van der Waals surface area contributed by atoms with E-state index in [-0.39, 0.29) is 12.3 Å². The Morgan fingerprint density at radius 1 is 1.47 bits per heavy atom. The Morgan fingerprint density at radius 2 is 2.20 bits per heavy atom. The molecule has 2 aliphatic heterocycles. The van der Waals surface area contributed by atoms with Gasteiger partial charge in [0, 0.05) is 6.08 Å². The molecule has 1 fully saturated rings. The van der Waals surface area contributed by atoms with Gasteiger partial charge in [0.05, 0.1) is 19.4 Å². The molecule has 0 amide bonds. The Balaban J connectivity index is 1.94. The maximum absolute atomic E-state index is 5.77. The first kappa shape index (κ1) is 10.2. The predicted octanol–water partition coefficient (Wildman–Crippen LogP) is -1.31. The van der Waals surface area contributed by atoms with Crippen molar-refractivity contribution in [3.05, 3.63) is 12.3 Å². The van der Waals surface area contributed by atoms with E-state index in [1.54, 1.807) is 17.3 Å². The van der Waals surface area contributed by atoms with Crippen molar-refractivity contribution in [3.8, 4) is 0 Å². The lowest BCUT2D eigenvalue weighted by atomic mass is 10.4. The Labute approximate surface area is 86.6 Å². The molecule has 0 aliphatic carbocycles. The minimum Gasteiger partial charge on any atom is -0.375 e. The lowest BCUT2D eigenvalue weighted by Gasteiger charge is -2.36. The molecule has 0 bridgehead atoms. The van der Waals surface area contributed by atoms with Gasteiger partial charge in [0.1, 0.15) is 12.3 Å². The van der Waals surface area contributed by atoms with Crippen molar-refractivity contribution >= 4 is 5.84 Å². The van der Waals surface area contributed by atoms with Crippen LogP contribution in [0.3, 0.4) is 0 Å². The molecule has 2 aliphatic rings. The van der Waals surface area contributed by atoms with Gasteiger partial charge in [-0.05, 0) is 0 Å². The first-order valence-corrected chi connectivity index (χ1v) is 4.55. The first-order chi connectivity index (χ1) is 7.27. The first-order valence-electron chi connectivity index (χ1n) is 4.55. The molecule has 0 aromatic rings. The van der Waals surface area contributed by atoms with Gasteiger partial charge < -0.3 is 16.2 Å². The zero-order valence-corrected chi connectivity index (χ0v) is 8.08. The van der Waals surface area contributed by atoms with Gasteiger partial charge >= 0.3 is 0 Å². The van der Waals surface area contributed by atoms with Gasteiger partial charge in [-0.25, -0.2) is 5.53 Å². The minimum atomic E-state index is -0.319. The number of nitrogens with zero attached hydrogens (tertiary/aromatic N) is 4. The molecule has 82 valence electrons. The summed E-state index contributed by atoms with van der Waals surface area (Å²) in [5.74, 6) is 0.487. The lowest BCUT2D eigenvalue weighted by molar-refractivity contribution is -0.0719. The highest BCUT2D eigenvalue weighted by molar-refractivity contribution is 5.94. The van der Waals surface area contributed by atoms with Crippen molar-refractivity contribution in [1.82, 2.24) is 10.5 Å². The number of hydrazine groups is 1. The number of rotatable bonds is 2. The van der Waals surface area contributed by atoms with Crippen molar-refractivity contribution in [1.29, 1.82) is 0 Å². The second kappa shape index (κ2) is 4.45. The fourth-order valence-corrected chi connectivity index (χ4v) is 1.26. The Kier molecular flexibility index (Phi) is 3.02. The largest absolute Gasteiger partial charge is 0.375 e. The van der Waals surface area contributed by atoms with Gasteiger partial charge in [-0.15, -0.1) is 10.2 Å². The number of hydrazone groups is 1. The summed E-state index contributed by atoms with van der Waals surface area (Å²) in [4.78, 5) is 0. The summed E-state index contributed by atoms with van der Waals surface area (Å²) in [5, 5.41) is 13.0.